The molecule has 0 saturated carbocycles. The average molecular weight is 246 g/mol. The lowest BCUT2D eigenvalue weighted by Gasteiger charge is -2.08. The van der Waals surface area contributed by atoms with Crippen LogP contribution in [0.1, 0.15) is 18.5 Å². The Bertz CT molecular complexity index is 333. The summed E-state index contributed by atoms with van der Waals surface area (Å²) in [7, 11) is 0. The molecule has 15 heavy (non-hydrogen) atoms. The summed E-state index contributed by atoms with van der Waals surface area (Å²) in [5, 5.41) is 0.466. The molecule has 1 rings (SSSR count). The maximum absolute atomic E-state index is 5.72. The van der Waals surface area contributed by atoms with Crippen molar-refractivity contribution in [2.75, 3.05) is 6.61 Å². The number of ether oxygens (including phenoxy) is 1. The van der Waals surface area contributed by atoms with E-state index in [9.17, 15) is 0 Å². The number of hydrogen-bond donors (Lipinski definition) is 1. The lowest BCUT2D eigenvalue weighted by Crippen LogP contribution is -2.04. The van der Waals surface area contributed by atoms with Gasteiger partial charge in [-0.2, -0.15) is 0 Å². The molecular weight excluding hydrogens is 233 g/mol. The van der Waals surface area contributed by atoms with Crippen LogP contribution in [0.5, 0.6) is 5.75 Å². The first-order chi connectivity index (χ1) is 7.13. The molecule has 4 heteroatoms. The van der Waals surface area contributed by atoms with E-state index in [-0.39, 0.29) is 12.6 Å². The van der Waals surface area contributed by atoms with Crippen LogP contribution >= 0.6 is 23.2 Å². The SMILES string of the molecule is C[C@@H](N)c1ccc(OCC(Cl)=CCl)cc1. The predicted octanol–water partition coefficient (Wildman–Crippen LogP) is 3.40. The van der Waals surface area contributed by atoms with Gasteiger partial charge >= 0.3 is 0 Å². The van der Waals surface area contributed by atoms with E-state index in [1.807, 2.05) is 31.2 Å². The van der Waals surface area contributed by atoms with Gasteiger partial charge in [-0.1, -0.05) is 35.3 Å². The van der Waals surface area contributed by atoms with Crippen molar-refractivity contribution in [3.63, 3.8) is 0 Å². The number of halogens is 2. The molecule has 0 amide bonds. The molecule has 1 aromatic rings. The van der Waals surface area contributed by atoms with Gasteiger partial charge in [0, 0.05) is 11.6 Å². The highest BCUT2D eigenvalue weighted by Crippen LogP contribution is 2.17. The predicted molar refractivity (Wildman–Crippen MR) is 64.3 cm³/mol. The van der Waals surface area contributed by atoms with Crippen molar-refractivity contribution in [1.82, 2.24) is 0 Å². The van der Waals surface area contributed by atoms with Gasteiger partial charge in [-0.3, -0.25) is 0 Å². The van der Waals surface area contributed by atoms with Gasteiger partial charge < -0.3 is 10.5 Å². The maximum atomic E-state index is 5.72. The van der Waals surface area contributed by atoms with Gasteiger partial charge in [-0.25, -0.2) is 0 Å². The molecule has 0 aromatic heterocycles. The van der Waals surface area contributed by atoms with Gasteiger partial charge in [0.2, 0.25) is 0 Å². The number of rotatable bonds is 4. The standard InChI is InChI=1S/C11H13Cl2NO/c1-8(14)9-2-4-11(5-3-9)15-7-10(13)6-12/h2-6,8H,7,14H2,1H3/t8-/m1/s1. The molecule has 1 atom stereocenters. The Morgan fingerprint density at radius 1 is 1.47 bits per heavy atom. The molecule has 0 saturated heterocycles. The molecule has 0 aliphatic rings. The van der Waals surface area contributed by atoms with E-state index in [0.717, 1.165) is 11.3 Å². The smallest absolute Gasteiger partial charge is 0.125 e. The van der Waals surface area contributed by atoms with Crippen molar-refractivity contribution in [2.45, 2.75) is 13.0 Å². The highest BCUT2D eigenvalue weighted by Gasteiger charge is 2.00. The second kappa shape index (κ2) is 6.01. The van der Waals surface area contributed by atoms with Gasteiger partial charge in [0.25, 0.3) is 0 Å². The molecule has 0 bridgehead atoms. The molecule has 0 radical (unpaired) electrons. The molecule has 0 spiro atoms. The summed E-state index contributed by atoms with van der Waals surface area (Å²) < 4.78 is 5.37. The first-order valence-electron chi connectivity index (χ1n) is 4.56. The minimum absolute atomic E-state index is 0.0328. The van der Waals surface area contributed by atoms with E-state index in [0.29, 0.717) is 5.03 Å². The topological polar surface area (TPSA) is 35.2 Å². The number of benzene rings is 1. The molecule has 0 heterocycles. The fourth-order valence-corrected chi connectivity index (χ4v) is 1.17. The summed E-state index contributed by atoms with van der Waals surface area (Å²) in [4.78, 5) is 0. The second-order valence-corrected chi connectivity index (χ2v) is 3.91. The van der Waals surface area contributed by atoms with Gasteiger partial charge in [0.15, 0.2) is 0 Å². The van der Waals surface area contributed by atoms with Gasteiger partial charge in [0.05, 0.1) is 5.03 Å². The van der Waals surface area contributed by atoms with Gasteiger partial charge in [-0.05, 0) is 24.6 Å². The molecular formula is C11H13Cl2NO. The van der Waals surface area contributed by atoms with Crippen LogP contribution in [-0.4, -0.2) is 6.61 Å². The zero-order valence-electron chi connectivity index (χ0n) is 8.41. The van der Waals surface area contributed by atoms with Crippen molar-refractivity contribution < 1.29 is 4.74 Å². The molecule has 82 valence electrons. The van der Waals surface area contributed by atoms with Crippen molar-refractivity contribution >= 4 is 23.2 Å². The molecule has 0 unspecified atom stereocenters. The van der Waals surface area contributed by atoms with Crippen LogP contribution < -0.4 is 10.5 Å². The Hall–Kier alpha value is -0.700. The fraction of sp³-hybridized carbons (Fsp3) is 0.273. The molecule has 0 aliphatic heterocycles. The fourth-order valence-electron chi connectivity index (χ4n) is 1.05. The normalized spacial score (nSPS) is 13.7. The van der Waals surface area contributed by atoms with Gasteiger partial charge in [0.1, 0.15) is 12.4 Å². The van der Waals surface area contributed by atoms with Crippen molar-refractivity contribution in [2.24, 2.45) is 5.73 Å². The quantitative estimate of drug-likeness (QED) is 0.883. The summed E-state index contributed by atoms with van der Waals surface area (Å²) in [6, 6.07) is 7.61. The van der Waals surface area contributed by atoms with Crippen LogP contribution in [0, 0.1) is 0 Å². The Morgan fingerprint density at radius 2 is 2.07 bits per heavy atom. The van der Waals surface area contributed by atoms with Crippen LogP contribution in [0.4, 0.5) is 0 Å². The number of hydrogen-bond acceptors (Lipinski definition) is 2. The van der Waals surface area contributed by atoms with Crippen LogP contribution in [0.3, 0.4) is 0 Å². The third-order valence-corrected chi connectivity index (χ3v) is 2.49. The first-order valence-corrected chi connectivity index (χ1v) is 5.38. The molecule has 2 N–H and O–H groups in total. The summed E-state index contributed by atoms with van der Waals surface area (Å²) in [6.07, 6.45) is 0. The maximum Gasteiger partial charge on any atom is 0.125 e. The zero-order valence-corrected chi connectivity index (χ0v) is 9.92. The largest absolute Gasteiger partial charge is 0.488 e. The highest BCUT2D eigenvalue weighted by molar-refractivity contribution is 6.36. The third kappa shape index (κ3) is 4.12. The van der Waals surface area contributed by atoms with Crippen LogP contribution in [0.15, 0.2) is 34.8 Å². The van der Waals surface area contributed by atoms with E-state index < -0.39 is 0 Å². The summed E-state index contributed by atoms with van der Waals surface area (Å²) in [5.74, 6) is 0.746. The van der Waals surface area contributed by atoms with E-state index in [1.54, 1.807) is 0 Å². The molecule has 0 aliphatic carbocycles. The van der Waals surface area contributed by atoms with E-state index in [4.69, 9.17) is 33.7 Å². The Balaban J connectivity index is 2.57. The van der Waals surface area contributed by atoms with E-state index >= 15 is 0 Å². The van der Waals surface area contributed by atoms with E-state index in [1.165, 1.54) is 5.54 Å². The average Bonchev–Trinajstić information content (AvgIpc) is 2.26. The summed E-state index contributed by atoms with van der Waals surface area (Å²) in [5.41, 5.74) is 8.08. The lowest BCUT2D eigenvalue weighted by molar-refractivity contribution is 0.359. The van der Waals surface area contributed by atoms with Gasteiger partial charge in [-0.15, -0.1) is 0 Å². The van der Waals surface area contributed by atoms with Crippen LogP contribution in [0.25, 0.3) is 0 Å². The van der Waals surface area contributed by atoms with E-state index in [2.05, 4.69) is 0 Å². The first kappa shape index (κ1) is 12.4. The molecule has 0 fully saturated rings. The second-order valence-electron chi connectivity index (χ2n) is 3.20. The molecule has 2 nitrogen and oxygen atoms in total. The zero-order chi connectivity index (χ0) is 11.3. The molecule has 1 aromatic carbocycles. The highest BCUT2D eigenvalue weighted by atomic mass is 35.5. The minimum Gasteiger partial charge on any atom is -0.488 e. The van der Waals surface area contributed by atoms with Crippen LogP contribution in [0.2, 0.25) is 0 Å². The Morgan fingerprint density at radius 3 is 2.53 bits per heavy atom. The van der Waals surface area contributed by atoms with Crippen molar-refractivity contribution in [1.29, 1.82) is 0 Å². The van der Waals surface area contributed by atoms with Crippen LogP contribution in [-0.2, 0) is 0 Å². The summed E-state index contributed by atoms with van der Waals surface area (Å²) in [6.45, 7) is 2.21. The number of nitrogens with two attached hydrogens (primary N) is 1. The minimum atomic E-state index is 0.0328. The third-order valence-electron chi connectivity index (χ3n) is 1.90. The Labute approximate surface area is 99.6 Å². The lowest BCUT2D eigenvalue weighted by atomic mass is 10.1. The monoisotopic (exact) mass is 245 g/mol. The Kier molecular flexibility index (Phi) is 4.95. The summed E-state index contributed by atoms with van der Waals surface area (Å²) >= 11 is 11.1. The van der Waals surface area contributed by atoms with Crippen molar-refractivity contribution in [3.05, 3.63) is 40.4 Å². The van der Waals surface area contributed by atoms with Crippen molar-refractivity contribution in [3.8, 4) is 5.75 Å².